The third-order valence-electron chi connectivity index (χ3n) is 4.11. The molecule has 0 saturated carbocycles. The molecule has 0 N–H and O–H groups in total. The van der Waals surface area contributed by atoms with Crippen molar-refractivity contribution in [2.75, 3.05) is 13.2 Å². The third kappa shape index (κ3) is 2.59. The predicted molar refractivity (Wildman–Crippen MR) is 82.0 cm³/mol. The number of hydrogen-bond donors (Lipinski definition) is 0. The fourth-order valence-electron chi connectivity index (χ4n) is 3.02. The molecule has 0 spiro atoms. The first-order valence-corrected chi connectivity index (χ1v) is 7.59. The summed E-state index contributed by atoms with van der Waals surface area (Å²) in [6.07, 6.45) is 2.33. The highest BCUT2D eigenvalue weighted by molar-refractivity contribution is 5.76. The Labute approximate surface area is 121 Å². The zero-order chi connectivity index (χ0) is 14.2. The van der Waals surface area contributed by atoms with Crippen LogP contribution in [0.15, 0.2) is 24.3 Å². The van der Waals surface area contributed by atoms with E-state index < -0.39 is 0 Å². The van der Waals surface area contributed by atoms with Crippen LogP contribution in [0.3, 0.4) is 0 Å². The van der Waals surface area contributed by atoms with E-state index in [1.54, 1.807) is 0 Å². The second kappa shape index (κ2) is 5.21. The lowest BCUT2D eigenvalue weighted by molar-refractivity contribution is 0.0611. The van der Waals surface area contributed by atoms with E-state index in [-0.39, 0.29) is 5.41 Å². The first-order valence-electron chi connectivity index (χ1n) is 7.59. The largest absolute Gasteiger partial charge is 0.381 e. The number of aromatic nitrogens is 2. The van der Waals surface area contributed by atoms with Crippen molar-refractivity contribution in [2.45, 2.75) is 45.6 Å². The molecule has 1 aliphatic heterocycles. The average Bonchev–Trinajstić information content (AvgIpc) is 2.79. The zero-order valence-corrected chi connectivity index (χ0v) is 12.7. The minimum atomic E-state index is 0.0736. The van der Waals surface area contributed by atoms with Crippen LogP contribution >= 0.6 is 0 Å². The van der Waals surface area contributed by atoms with Gasteiger partial charge in [0.25, 0.3) is 0 Å². The Kier molecular flexibility index (Phi) is 3.55. The maximum atomic E-state index is 5.48. The summed E-state index contributed by atoms with van der Waals surface area (Å²) < 4.78 is 7.91. The Morgan fingerprint density at radius 2 is 1.90 bits per heavy atom. The fourth-order valence-corrected chi connectivity index (χ4v) is 3.02. The van der Waals surface area contributed by atoms with E-state index in [9.17, 15) is 0 Å². The lowest BCUT2D eigenvalue weighted by Gasteiger charge is -2.26. The molecule has 20 heavy (non-hydrogen) atoms. The van der Waals surface area contributed by atoms with Crippen molar-refractivity contribution in [3.8, 4) is 0 Å². The second-order valence-corrected chi connectivity index (χ2v) is 6.84. The van der Waals surface area contributed by atoms with E-state index in [0.717, 1.165) is 38.1 Å². The lowest BCUT2D eigenvalue weighted by atomic mass is 9.94. The standard InChI is InChI=1S/C17H24N2O/c1-17(2,3)16-18-14-6-4-5-7-15(14)19(16)12-13-8-10-20-11-9-13/h4-7,13H,8-12H2,1-3H3. The number of fused-ring (bicyclic) bond motifs is 1. The first kappa shape index (κ1) is 13.6. The minimum Gasteiger partial charge on any atom is -0.381 e. The number of imidazole rings is 1. The van der Waals surface area contributed by atoms with Crippen molar-refractivity contribution in [1.82, 2.24) is 9.55 Å². The van der Waals surface area contributed by atoms with Crippen molar-refractivity contribution >= 4 is 11.0 Å². The number of ether oxygens (including phenoxy) is 1. The average molecular weight is 272 g/mol. The van der Waals surface area contributed by atoms with Crippen molar-refractivity contribution in [3.05, 3.63) is 30.1 Å². The Bertz CT molecular complexity index is 589. The summed E-state index contributed by atoms with van der Waals surface area (Å²) in [4.78, 5) is 4.88. The molecule has 0 radical (unpaired) electrons. The first-order chi connectivity index (χ1) is 9.55. The van der Waals surface area contributed by atoms with Gasteiger partial charge in [0.1, 0.15) is 5.82 Å². The summed E-state index contributed by atoms with van der Waals surface area (Å²) in [7, 11) is 0. The number of para-hydroxylation sites is 2. The van der Waals surface area contributed by atoms with Crippen LogP contribution in [0.25, 0.3) is 11.0 Å². The normalized spacial score (nSPS) is 17.8. The SMILES string of the molecule is CC(C)(C)c1nc2ccccc2n1CC1CCOCC1. The van der Waals surface area contributed by atoms with Crippen LogP contribution in [0.4, 0.5) is 0 Å². The van der Waals surface area contributed by atoms with Crippen molar-refractivity contribution in [1.29, 1.82) is 0 Å². The number of nitrogens with zero attached hydrogens (tertiary/aromatic N) is 2. The maximum absolute atomic E-state index is 5.48. The summed E-state index contributed by atoms with van der Waals surface area (Å²) in [5.74, 6) is 1.91. The van der Waals surface area contributed by atoms with Crippen LogP contribution < -0.4 is 0 Å². The summed E-state index contributed by atoms with van der Waals surface area (Å²) >= 11 is 0. The van der Waals surface area contributed by atoms with Gasteiger partial charge in [-0.05, 0) is 30.9 Å². The monoisotopic (exact) mass is 272 g/mol. The van der Waals surface area contributed by atoms with Crippen molar-refractivity contribution < 1.29 is 4.74 Å². The van der Waals surface area contributed by atoms with E-state index in [2.05, 4.69) is 49.6 Å². The molecule has 1 aliphatic rings. The van der Waals surface area contributed by atoms with E-state index in [4.69, 9.17) is 9.72 Å². The van der Waals surface area contributed by atoms with Crippen LogP contribution in [-0.2, 0) is 16.7 Å². The molecule has 1 saturated heterocycles. The molecule has 108 valence electrons. The van der Waals surface area contributed by atoms with Gasteiger partial charge < -0.3 is 9.30 Å². The Morgan fingerprint density at radius 3 is 2.60 bits per heavy atom. The summed E-state index contributed by atoms with van der Waals surface area (Å²) in [6, 6.07) is 8.49. The van der Waals surface area contributed by atoms with Crippen LogP contribution in [0.5, 0.6) is 0 Å². The molecule has 1 aromatic heterocycles. The molecule has 3 rings (SSSR count). The van der Waals surface area contributed by atoms with E-state index in [1.807, 2.05) is 0 Å². The molecule has 0 bridgehead atoms. The molecule has 0 atom stereocenters. The highest BCUT2D eigenvalue weighted by Gasteiger charge is 2.25. The quantitative estimate of drug-likeness (QED) is 0.832. The molecule has 3 heteroatoms. The Morgan fingerprint density at radius 1 is 1.20 bits per heavy atom. The molecule has 1 fully saturated rings. The second-order valence-electron chi connectivity index (χ2n) is 6.84. The van der Waals surface area contributed by atoms with Gasteiger partial charge in [0, 0.05) is 25.2 Å². The summed E-state index contributed by atoms with van der Waals surface area (Å²) in [6.45, 7) is 9.61. The number of rotatable bonds is 2. The predicted octanol–water partition coefficient (Wildman–Crippen LogP) is 3.76. The van der Waals surface area contributed by atoms with Gasteiger partial charge in [0.15, 0.2) is 0 Å². The Hall–Kier alpha value is -1.35. The highest BCUT2D eigenvalue weighted by Crippen LogP contribution is 2.28. The van der Waals surface area contributed by atoms with Gasteiger partial charge >= 0.3 is 0 Å². The molecular weight excluding hydrogens is 248 g/mol. The highest BCUT2D eigenvalue weighted by atomic mass is 16.5. The molecule has 3 nitrogen and oxygen atoms in total. The zero-order valence-electron chi connectivity index (χ0n) is 12.7. The minimum absolute atomic E-state index is 0.0736. The number of hydrogen-bond acceptors (Lipinski definition) is 2. The molecule has 1 aromatic carbocycles. The van der Waals surface area contributed by atoms with E-state index in [0.29, 0.717) is 5.92 Å². The van der Waals surface area contributed by atoms with Gasteiger partial charge in [-0.15, -0.1) is 0 Å². The maximum Gasteiger partial charge on any atom is 0.115 e. The van der Waals surface area contributed by atoms with Crippen LogP contribution in [0.1, 0.15) is 39.4 Å². The topological polar surface area (TPSA) is 27.1 Å². The molecule has 0 unspecified atom stereocenters. The van der Waals surface area contributed by atoms with E-state index in [1.165, 1.54) is 11.3 Å². The molecule has 0 aliphatic carbocycles. The molecule has 2 aromatic rings. The van der Waals surface area contributed by atoms with Crippen molar-refractivity contribution in [2.24, 2.45) is 5.92 Å². The van der Waals surface area contributed by atoms with Gasteiger partial charge in [-0.3, -0.25) is 0 Å². The lowest BCUT2D eigenvalue weighted by Crippen LogP contribution is -2.25. The van der Waals surface area contributed by atoms with Gasteiger partial charge in [-0.25, -0.2) is 4.98 Å². The van der Waals surface area contributed by atoms with Crippen molar-refractivity contribution in [3.63, 3.8) is 0 Å². The molecule has 2 heterocycles. The molecular formula is C17H24N2O. The van der Waals surface area contributed by atoms with Crippen LogP contribution in [-0.4, -0.2) is 22.8 Å². The summed E-state index contributed by atoms with van der Waals surface area (Å²) in [5.41, 5.74) is 2.46. The van der Waals surface area contributed by atoms with E-state index >= 15 is 0 Å². The third-order valence-corrected chi connectivity index (χ3v) is 4.11. The number of benzene rings is 1. The van der Waals surface area contributed by atoms with Crippen LogP contribution in [0, 0.1) is 5.92 Å². The van der Waals surface area contributed by atoms with Gasteiger partial charge in [0.2, 0.25) is 0 Å². The fraction of sp³-hybridized carbons (Fsp3) is 0.588. The summed E-state index contributed by atoms with van der Waals surface area (Å²) in [5, 5.41) is 0. The molecule has 0 amide bonds. The Balaban J connectivity index is 2.01. The van der Waals surface area contributed by atoms with Gasteiger partial charge in [-0.2, -0.15) is 0 Å². The van der Waals surface area contributed by atoms with Gasteiger partial charge in [0.05, 0.1) is 11.0 Å². The van der Waals surface area contributed by atoms with Gasteiger partial charge in [-0.1, -0.05) is 32.9 Å². The van der Waals surface area contributed by atoms with Crippen LogP contribution in [0.2, 0.25) is 0 Å². The smallest absolute Gasteiger partial charge is 0.115 e.